The zero-order valence-electron chi connectivity index (χ0n) is 11.0. The van der Waals surface area contributed by atoms with E-state index in [1.165, 1.54) is 24.3 Å². The number of phenols is 1. The molecular formula is C12H13F3N2O4. The Morgan fingerprint density at radius 3 is 2.14 bits per heavy atom. The number of hydrogen-bond donors (Lipinski definition) is 2. The molecule has 9 heteroatoms. The standard InChI is InChI=1S/C12H13F3N2O4/c1-16(7-12(13,14)15)11(21)17(6-10(19)20)8-2-4-9(18)5-3-8/h2-5,18H,6-7H2,1H3,(H,19,20). The number of alkyl halides is 3. The molecule has 0 spiro atoms. The fourth-order valence-electron chi connectivity index (χ4n) is 1.58. The van der Waals surface area contributed by atoms with E-state index in [2.05, 4.69) is 0 Å². The third-order valence-electron chi connectivity index (χ3n) is 2.43. The van der Waals surface area contributed by atoms with Crippen LogP contribution in [0, 0.1) is 0 Å². The third-order valence-corrected chi connectivity index (χ3v) is 2.43. The molecule has 0 aliphatic heterocycles. The average Bonchev–Trinajstić information content (AvgIpc) is 2.34. The third kappa shape index (κ3) is 5.21. The number of halogens is 3. The van der Waals surface area contributed by atoms with Crippen molar-refractivity contribution in [1.29, 1.82) is 0 Å². The van der Waals surface area contributed by atoms with Crippen molar-refractivity contribution in [3.63, 3.8) is 0 Å². The first-order valence-electron chi connectivity index (χ1n) is 5.70. The number of aromatic hydroxyl groups is 1. The lowest BCUT2D eigenvalue weighted by atomic mass is 10.2. The molecule has 21 heavy (non-hydrogen) atoms. The van der Waals surface area contributed by atoms with Crippen LogP contribution in [-0.2, 0) is 4.79 Å². The predicted octanol–water partition coefficient (Wildman–Crippen LogP) is 1.90. The number of anilines is 1. The van der Waals surface area contributed by atoms with Gasteiger partial charge >= 0.3 is 18.2 Å². The first-order chi connectivity index (χ1) is 9.60. The van der Waals surface area contributed by atoms with Crippen molar-refractivity contribution in [3.05, 3.63) is 24.3 Å². The van der Waals surface area contributed by atoms with Crippen molar-refractivity contribution in [3.8, 4) is 5.75 Å². The zero-order valence-corrected chi connectivity index (χ0v) is 11.0. The van der Waals surface area contributed by atoms with Crippen LogP contribution in [0.25, 0.3) is 0 Å². The van der Waals surface area contributed by atoms with Crippen LogP contribution in [-0.4, -0.2) is 53.4 Å². The topological polar surface area (TPSA) is 81.1 Å². The second-order valence-electron chi connectivity index (χ2n) is 4.25. The fourth-order valence-corrected chi connectivity index (χ4v) is 1.58. The lowest BCUT2D eigenvalue weighted by Gasteiger charge is -2.27. The summed E-state index contributed by atoms with van der Waals surface area (Å²) in [6, 6.07) is 3.75. The van der Waals surface area contributed by atoms with Crippen molar-refractivity contribution in [1.82, 2.24) is 4.90 Å². The molecule has 0 aliphatic rings. The van der Waals surface area contributed by atoms with Crippen molar-refractivity contribution < 1.29 is 33.0 Å². The summed E-state index contributed by atoms with van der Waals surface area (Å²) in [7, 11) is 0.922. The Morgan fingerprint density at radius 1 is 1.19 bits per heavy atom. The van der Waals surface area contributed by atoms with E-state index in [0.717, 1.165) is 7.05 Å². The van der Waals surface area contributed by atoms with Crippen molar-refractivity contribution in [2.75, 3.05) is 25.0 Å². The summed E-state index contributed by atoms with van der Waals surface area (Å²) in [4.78, 5) is 23.8. The molecule has 0 radical (unpaired) electrons. The molecule has 116 valence electrons. The lowest BCUT2D eigenvalue weighted by Crippen LogP contribution is -2.46. The van der Waals surface area contributed by atoms with E-state index in [4.69, 9.17) is 10.2 Å². The largest absolute Gasteiger partial charge is 0.508 e. The van der Waals surface area contributed by atoms with Gasteiger partial charge in [0.2, 0.25) is 0 Å². The molecule has 0 aromatic heterocycles. The molecule has 0 heterocycles. The Bertz CT molecular complexity index is 516. The molecular weight excluding hydrogens is 293 g/mol. The van der Waals surface area contributed by atoms with Crippen LogP contribution in [0.4, 0.5) is 23.7 Å². The molecule has 0 saturated carbocycles. The first kappa shape index (κ1) is 16.6. The van der Waals surface area contributed by atoms with E-state index in [-0.39, 0.29) is 11.4 Å². The van der Waals surface area contributed by atoms with Crippen molar-refractivity contribution in [2.24, 2.45) is 0 Å². The minimum absolute atomic E-state index is 0.0641. The van der Waals surface area contributed by atoms with Gasteiger partial charge in [0.25, 0.3) is 0 Å². The SMILES string of the molecule is CN(CC(F)(F)F)C(=O)N(CC(=O)O)c1ccc(O)cc1. The number of rotatable bonds is 4. The van der Waals surface area contributed by atoms with Gasteiger partial charge in [-0.1, -0.05) is 0 Å². The number of carbonyl (C=O) groups excluding carboxylic acids is 1. The summed E-state index contributed by atoms with van der Waals surface area (Å²) >= 11 is 0. The molecule has 0 atom stereocenters. The second-order valence-corrected chi connectivity index (χ2v) is 4.25. The lowest BCUT2D eigenvalue weighted by molar-refractivity contribution is -0.137. The van der Waals surface area contributed by atoms with Crippen LogP contribution in [0.1, 0.15) is 0 Å². The summed E-state index contributed by atoms with van der Waals surface area (Å²) in [6.45, 7) is -2.30. The second kappa shape index (κ2) is 6.33. The van der Waals surface area contributed by atoms with Gasteiger partial charge in [-0.2, -0.15) is 13.2 Å². The minimum Gasteiger partial charge on any atom is -0.508 e. The van der Waals surface area contributed by atoms with Gasteiger partial charge in [0.05, 0.1) is 0 Å². The van der Waals surface area contributed by atoms with Gasteiger partial charge in [-0.25, -0.2) is 4.79 Å². The molecule has 2 N–H and O–H groups in total. The number of amides is 2. The quantitative estimate of drug-likeness (QED) is 0.890. The monoisotopic (exact) mass is 306 g/mol. The number of phenolic OH excluding ortho intramolecular Hbond substituents is 1. The number of carboxylic acids is 1. The molecule has 0 fully saturated rings. The van der Waals surface area contributed by atoms with Crippen molar-refractivity contribution in [2.45, 2.75) is 6.18 Å². The van der Waals surface area contributed by atoms with E-state index in [0.29, 0.717) is 9.80 Å². The Hall–Kier alpha value is -2.45. The highest BCUT2D eigenvalue weighted by molar-refractivity contribution is 5.96. The maximum Gasteiger partial charge on any atom is 0.406 e. The highest BCUT2D eigenvalue weighted by Crippen LogP contribution is 2.21. The maximum absolute atomic E-state index is 12.3. The van der Waals surface area contributed by atoms with Crippen LogP contribution < -0.4 is 4.90 Å². The smallest absolute Gasteiger partial charge is 0.406 e. The number of carbonyl (C=O) groups is 2. The average molecular weight is 306 g/mol. The van der Waals surface area contributed by atoms with Crippen LogP contribution in [0.5, 0.6) is 5.75 Å². The van der Waals surface area contributed by atoms with Crippen LogP contribution in [0.15, 0.2) is 24.3 Å². The van der Waals surface area contributed by atoms with Crippen molar-refractivity contribution >= 4 is 17.7 Å². The van der Waals surface area contributed by atoms with E-state index in [1.807, 2.05) is 0 Å². The molecule has 6 nitrogen and oxygen atoms in total. The van der Waals surface area contributed by atoms with E-state index < -0.39 is 31.3 Å². The van der Waals surface area contributed by atoms with Gasteiger partial charge in [-0.15, -0.1) is 0 Å². The van der Waals surface area contributed by atoms with E-state index >= 15 is 0 Å². The van der Waals surface area contributed by atoms with Gasteiger partial charge in [-0.3, -0.25) is 9.69 Å². The number of nitrogens with zero attached hydrogens (tertiary/aromatic N) is 2. The highest BCUT2D eigenvalue weighted by atomic mass is 19.4. The molecule has 1 aromatic carbocycles. The number of hydrogen-bond acceptors (Lipinski definition) is 3. The summed E-state index contributed by atoms with van der Waals surface area (Å²) in [5.41, 5.74) is 0.0641. The van der Waals surface area contributed by atoms with Gasteiger partial charge in [-0.05, 0) is 24.3 Å². The Kier molecular flexibility index (Phi) is 5.01. The van der Waals surface area contributed by atoms with E-state index in [1.54, 1.807) is 0 Å². The molecule has 0 unspecified atom stereocenters. The highest BCUT2D eigenvalue weighted by Gasteiger charge is 2.33. The van der Waals surface area contributed by atoms with Gasteiger partial charge in [0.15, 0.2) is 0 Å². The van der Waals surface area contributed by atoms with Gasteiger partial charge in [0.1, 0.15) is 18.8 Å². The molecule has 1 aromatic rings. The Labute approximate surface area is 118 Å². The summed E-state index contributed by atoms with van der Waals surface area (Å²) in [5, 5.41) is 17.9. The fraction of sp³-hybridized carbons (Fsp3) is 0.333. The molecule has 2 amide bonds. The predicted molar refractivity (Wildman–Crippen MR) is 67.2 cm³/mol. The molecule has 0 saturated heterocycles. The zero-order chi connectivity index (χ0) is 16.2. The maximum atomic E-state index is 12.3. The first-order valence-corrected chi connectivity index (χ1v) is 5.70. The number of aliphatic carboxylic acids is 1. The number of benzene rings is 1. The number of carboxylic acid groups (broad SMARTS) is 1. The van der Waals surface area contributed by atoms with Crippen LogP contribution in [0.3, 0.4) is 0 Å². The number of urea groups is 1. The normalized spacial score (nSPS) is 11.0. The van der Waals surface area contributed by atoms with Gasteiger partial charge < -0.3 is 15.1 Å². The van der Waals surface area contributed by atoms with Crippen LogP contribution in [0.2, 0.25) is 0 Å². The molecule has 0 aliphatic carbocycles. The van der Waals surface area contributed by atoms with E-state index in [9.17, 15) is 22.8 Å². The summed E-state index contributed by atoms with van der Waals surface area (Å²) in [5.74, 6) is -1.50. The summed E-state index contributed by atoms with van der Waals surface area (Å²) in [6.07, 6.45) is -4.59. The van der Waals surface area contributed by atoms with Crippen LogP contribution >= 0.6 is 0 Å². The Morgan fingerprint density at radius 2 is 1.71 bits per heavy atom. The molecule has 1 rings (SSSR count). The minimum atomic E-state index is -4.59. The van der Waals surface area contributed by atoms with Gasteiger partial charge in [0, 0.05) is 12.7 Å². The summed E-state index contributed by atoms with van der Waals surface area (Å²) < 4.78 is 36.9. The Balaban J connectivity index is 2.99. The molecule has 0 bridgehead atoms.